The monoisotopic (exact) mass is 231 g/mol. The molecular formula is C10H21N3O3. The molecule has 6 nitrogen and oxygen atoms in total. The molecule has 16 heavy (non-hydrogen) atoms. The Hall–Kier alpha value is -1.33. The van der Waals surface area contributed by atoms with Gasteiger partial charge in [0.05, 0.1) is 13.2 Å². The van der Waals surface area contributed by atoms with Gasteiger partial charge in [0.25, 0.3) is 0 Å². The molecule has 0 bridgehead atoms. The predicted octanol–water partition coefficient (Wildman–Crippen LogP) is 2.08. The van der Waals surface area contributed by atoms with Gasteiger partial charge in [0.1, 0.15) is 0 Å². The number of ether oxygens (including phenoxy) is 1. The lowest BCUT2D eigenvalue weighted by atomic mass is 10.5. The summed E-state index contributed by atoms with van der Waals surface area (Å²) in [5.74, 6) is 0. The van der Waals surface area contributed by atoms with Crippen molar-refractivity contribution in [3.63, 3.8) is 0 Å². The summed E-state index contributed by atoms with van der Waals surface area (Å²) in [5, 5.41) is 11.3. The molecule has 0 unspecified atom stereocenters. The van der Waals surface area contributed by atoms with Crippen LogP contribution >= 0.6 is 0 Å². The van der Waals surface area contributed by atoms with Crippen LogP contribution in [0.25, 0.3) is 0 Å². The van der Waals surface area contributed by atoms with Crippen LogP contribution in [0.15, 0.2) is 4.99 Å². The average molecular weight is 231 g/mol. The van der Waals surface area contributed by atoms with Gasteiger partial charge in [-0.1, -0.05) is 20.8 Å². The Balaban J connectivity index is 4.59. The van der Waals surface area contributed by atoms with Gasteiger partial charge in [-0.2, -0.15) is 0 Å². The summed E-state index contributed by atoms with van der Waals surface area (Å²) in [6.45, 7) is 7.13. The van der Waals surface area contributed by atoms with Crippen molar-refractivity contribution in [1.82, 2.24) is 5.01 Å². The fraction of sp³-hybridized carbons (Fsp3) is 0.900. The Morgan fingerprint density at radius 3 is 2.44 bits per heavy atom. The first-order valence-corrected chi connectivity index (χ1v) is 5.76. The van der Waals surface area contributed by atoms with E-state index in [1.807, 2.05) is 20.8 Å². The van der Waals surface area contributed by atoms with E-state index in [9.17, 15) is 10.1 Å². The maximum absolute atomic E-state index is 10.8. The summed E-state index contributed by atoms with van der Waals surface area (Å²) < 4.78 is 5.30. The lowest BCUT2D eigenvalue weighted by Gasteiger charge is -2.15. The van der Waals surface area contributed by atoms with Gasteiger partial charge in [-0.3, -0.25) is 0 Å². The highest BCUT2D eigenvalue weighted by molar-refractivity contribution is 5.72. The van der Waals surface area contributed by atoms with Gasteiger partial charge in [-0.05, 0) is 24.3 Å². The van der Waals surface area contributed by atoms with E-state index in [4.69, 9.17) is 4.74 Å². The Bertz CT molecular complexity index is 231. The van der Waals surface area contributed by atoms with Crippen molar-refractivity contribution in [2.45, 2.75) is 40.0 Å². The van der Waals surface area contributed by atoms with Crippen molar-refractivity contribution >= 4 is 6.02 Å². The van der Waals surface area contributed by atoms with E-state index in [0.29, 0.717) is 26.1 Å². The fourth-order valence-corrected chi connectivity index (χ4v) is 1.06. The van der Waals surface area contributed by atoms with Gasteiger partial charge in [0.15, 0.2) is 5.03 Å². The zero-order valence-corrected chi connectivity index (χ0v) is 10.3. The molecule has 0 spiro atoms. The third kappa shape index (κ3) is 5.53. The number of amidine groups is 1. The van der Waals surface area contributed by atoms with Crippen LogP contribution in [0.1, 0.15) is 40.0 Å². The number of hydrazine groups is 1. The van der Waals surface area contributed by atoms with E-state index < -0.39 is 5.03 Å². The molecule has 0 rings (SSSR count). The molecule has 0 radical (unpaired) electrons. The summed E-state index contributed by atoms with van der Waals surface area (Å²) in [4.78, 5) is 14.9. The van der Waals surface area contributed by atoms with Gasteiger partial charge < -0.3 is 4.74 Å². The lowest BCUT2D eigenvalue weighted by Crippen LogP contribution is -2.38. The topological polar surface area (TPSA) is 68.0 Å². The van der Waals surface area contributed by atoms with Crippen molar-refractivity contribution in [2.75, 3.05) is 19.7 Å². The van der Waals surface area contributed by atoms with Crippen LogP contribution in [-0.2, 0) is 4.74 Å². The van der Waals surface area contributed by atoms with E-state index in [-0.39, 0.29) is 6.02 Å². The smallest absolute Gasteiger partial charge is 0.347 e. The Morgan fingerprint density at radius 2 is 2.00 bits per heavy atom. The van der Waals surface area contributed by atoms with Gasteiger partial charge in [0.2, 0.25) is 0 Å². The first-order chi connectivity index (χ1) is 7.67. The summed E-state index contributed by atoms with van der Waals surface area (Å²) in [6.07, 6.45) is 2.33. The standard InChI is InChI=1S/C10H21N3O3/c1-4-7-11-10(16-9-6-3)12(8-5-2)13(14)15/h4-9H2,1-3H3. The summed E-state index contributed by atoms with van der Waals surface area (Å²) in [6, 6.07) is 0.135. The molecule has 0 heterocycles. The minimum Gasteiger partial charge on any atom is -0.462 e. The normalized spacial score (nSPS) is 11.3. The van der Waals surface area contributed by atoms with Gasteiger partial charge >= 0.3 is 6.02 Å². The zero-order chi connectivity index (χ0) is 12.4. The van der Waals surface area contributed by atoms with Crippen molar-refractivity contribution in [3.05, 3.63) is 10.1 Å². The third-order valence-corrected chi connectivity index (χ3v) is 1.76. The zero-order valence-electron chi connectivity index (χ0n) is 10.3. The fourth-order valence-electron chi connectivity index (χ4n) is 1.06. The second-order valence-corrected chi connectivity index (χ2v) is 3.37. The van der Waals surface area contributed by atoms with Crippen molar-refractivity contribution < 1.29 is 9.77 Å². The van der Waals surface area contributed by atoms with E-state index in [0.717, 1.165) is 17.9 Å². The molecule has 0 atom stereocenters. The van der Waals surface area contributed by atoms with Gasteiger partial charge in [0, 0.05) is 6.54 Å². The van der Waals surface area contributed by atoms with E-state index in [1.165, 1.54) is 0 Å². The molecule has 0 saturated heterocycles. The van der Waals surface area contributed by atoms with Crippen LogP contribution in [0, 0.1) is 10.1 Å². The molecule has 0 aromatic rings. The summed E-state index contributed by atoms with van der Waals surface area (Å²) >= 11 is 0. The number of nitrogens with zero attached hydrogens (tertiary/aromatic N) is 3. The molecule has 6 heteroatoms. The third-order valence-electron chi connectivity index (χ3n) is 1.76. The van der Waals surface area contributed by atoms with Crippen molar-refractivity contribution in [2.24, 2.45) is 4.99 Å². The highest BCUT2D eigenvalue weighted by Gasteiger charge is 2.22. The molecule has 0 aliphatic rings. The summed E-state index contributed by atoms with van der Waals surface area (Å²) in [5.41, 5.74) is 0. The molecule has 0 amide bonds. The number of rotatable bonds is 7. The Kier molecular flexibility index (Phi) is 8.19. The van der Waals surface area contributed by atoms with E-state index in [1.54, 1.807) is 0 Å². The maximum Gasteiger partial charge on any atom is 0.347 e. The van der Waals surface area contributed by atoms with Crippen LogP contribution in [0.2, 0.25) is 0 Å². The average Bonchev–Trinajstić information content (AvgIpc) is 2.26. The lowest BCUT2D eigenvalue weighted by molar-refractivity contribution is -0.632. The van der Waals surface area contributed by atoms with Crippen LogP contribution in [0.4, 0.5) is 0 Å². The molecule has 94 valence electrons. The molecule has 0 saturated carbocycles. The Labute approximate surface area is 96.4 Å². The second-order valence-electron chi connectivity index (χ2n) is 3.37. The predicted molar refractivity (Wildman–Crippen MR) is 62.8 cm³/mol. The van der Waals surface area contributed by atoms with E-state index in [2.05, 4.69) is 4.99 Å². The van der Waals surface area contributed by atoms with Crippen LogP contribution < -0.4 is 0 Å². The van der Waals surface area contributed by atoms with Gasteiger partial charge in [-0.25, -0.2) is 15.1 Å². The number of aliphatic imine (C=N–C) groups is 1. The molecule has 0 aliphatic carbocycles. The molecular weight excluding hydrogens is 210 g/mol. The molecule has 0 N–H and O–H groups in total. The largest absolute Gasteiger partial charge is 0.462 e. The second kappa shape index (κ2) is 8.94. The minimum absolute atomic E-state index is 0.135. The van der Waals surface area contributed by atoms with Crippen LogP contribution in [-0.4, -0.2) is 35.8 Å². The summed E-state index contributed by atoms with van der Waals surface area (Å²) in [7, 11) is 0. The maximum atomic E-state index is 10.8. The molecule has 0 aromatic heterocycles. The highest BCUT2D eigenvalue weighted by Crippen LogP contribution is 1.99. The molecule has 0 fully saturated rings. The number of hydrogen-bond acceptors (Lipinski definition) is 4. The SMILES string of the molecule is CCCN=C(OCCC)N(CCC)[N+](=O)[O-]. The van der Waals surface area contributed by atoms with Crippen LogP contribution in [0.3, 0.4) is 0 Å². The van der Waals surface area contributed by atoms with Gasteiger partial charge in [-0.15, -0.1) is 0 Å². The number of nitro groups is 1. The minimum atomic E-state index is -0.465. The first kappa shape index (κ1) is 14.7. The van der Waals surface area contributed by atoms with Crippen molar-refractivity contribution in [1.29, 1.82) is 0 Å². The van der Waals surface area contributed by atoms with Crippen molar-refractivity contribution in [3.8, 4) is 0 Å². The quantitative estimate of drug-likeness (QED) is 0.291. The Morgan fingerprint density at radius 1 is 1.31 bits per heavy atom. The first-order valence-electron chi connectivity index (χ1n) is 5.76. The molecule has 0 aliphatic heterocycles. The van der Waals surface area contributed by atoms with E-state index >= 15 is 0 Å². The molecule has 0 aromatic carbocycles. The van der Waals surface area contributed by atoms with Crippen LogP contribution in [0.5, 0.6) is 0 Å². The highest BCUT2D eigenvalue weighted by atomic mass is 16.7. The number of hydrogen-bond donors (Lipinski definition) is 0.